The van der Waals surface area contributed by atoms with Crippen molar-refractivity contribution in [1.29, 1.82) is 0 Å². The lowest BCUT2D eigenvalue weighted by molar-refractivity contribution is 0.0939. The topological polar surface area (TPSA) is 60.9 Å². The van der Waals surface area contributed by atoms with Gasteiger partial charge in [0.05, 0.1) is 6.20 Å². The van der Waals surface area contributed by atoms with Gasteiger partial charge in [-0.05, 0) is 17.7 Å². The normalized spacial score (nSPS) is 12.1. The van der Waals surface area contributed by atoms with Crippen molar-refractivity contribution in [1.82, 2.24) is 15.0 Å². The first kappa shape index (κ1) is 18.1. The molecule has 0 aliphatic rings. The number of hydrogen-bond acceptors (Lipinski definition) is 4. The van der Waals surface area contributed by atoms with E-state index in [-0.39, 0.29) is 18.2 Å². The molecule has 0 aliphatic carbocycles. The Balaban J connectivity index is 1.48. The van der Waals surface area contributed by atoms with Crippen LogP contribution in [-0.4, -0.2) is 20.8 Å². The smallest absolute Gasteiger partial charge is 0.200 e. The van der Waals surface area contributed by atoms with Crippen molar-refractivity contribution in [2.75, 3.05) is 0 Å². The van der Waals surface area contributed by atoms with E-state index >= 15 is 0 Å². The number of Topliss-reactive ketones (excluding diaryl/α,β-unsaturated/α-hetero) is 1. The second-order valence-electron chi connectivity index (χ2n) is 7.12. The molecule has 0 amide bonds. The van der Waals surface area contributed by atoms with Crippen LogP contribution in [0.5, 0.6) is 0 Å². The van der Waals surface area contributed by atoms with Gasteiger partial charge in [-0.2, -0.15) is 15.0 Å². The number of ketones is 1. The van der Waals surface area contributed by atoms with Crippen LogP contribution in [0.4, 0.5) is 0 Å². The summed E-state index contributed by atoms with van der Waals surface area (Å²) < 4.78 is 5.78. The highest BCUT2D eigenvalue weighted by Crippen LogP contribution is 2.27. The predicted octanol–water partition coefficient (Wildman–Crippen LogP) is 5.55. The third-order valence-corrected chi connectivity index (χ3v) is 5.12. The van der Waals surface area contributed by atoms with E-state index in [0.29, 0.717) is 11.3 Å². The zero-order valence-corrected chi connectivity index (χ0v) is 16.2. The maximum atomic E-state index is 13.1. The van der Waals surface area contributed by atoms with Crippen molar-refractivity contribution in [2.45, 2.75) is 12.5 Å². The maximum Gasteiger partial charge on any atom is 0.200 e. The average Bonchev–Trinajstić information content (AvgIpc) is 3.46. The number of furan rings is 1. The van der Waals surface area contributed by atoms with Crippen LogP contribution in [0.15, 0.2) is 102 Å². The number of para-hydroxylation sites is 1. The molecule has 5 rings (SSSR count). The minimum atomic E-state index is -0.329. The number of aromatic nitrogens is 3. The minimum Gasteiger partial charge on any atom is -0.453 e. The predicted molar refractivity (Wildman–Crippen MR) is 115 cm³/mol. The van der Waals surface area contributed by atoms with Crippen LogP contribution in [0, 0.1) is 0 Å². The lowest BCUT2D eigenvalue weighted by atomic mass is 10.0. The average molecular weight is 393 g/mol. The second-order valence-corrected chi connectivity index (χ2v) is 7.12. The Bertz CT molecular complexity index is 1260. The Kier molecular flexibility index (Phi) is 4.69. The van der Waals surface area contributed by atoms with E-state index in [1.54, 1.807) is 17.1 Å². The van der Waals surface area contributed by atoms with E-state index in [1.165, 1.54) is 0 Å². The summed E-state index contributed by atoms with van der Waals surface area (Å²) in [5.41, 5.74) is 3.43. The number of fused-ring (bicyclic) bond motifs is 1. The van der Waals surface area contributed by atoms with Crippen LogP contribution >= 0.6 is 0 Å². The fourth-order valence-corrected chi connectivity index (χ4v) is 3.57. The summed E-state index contributed by atoms with van der Waals surface area (Å²) in [4.78, 5) is 14.7. The number of nitrogens with zero attached hydrogens (tertiary/aromatic N) is 3. The molecular formula is C25H19N3O2. The molecule has 1 atom stereocenters. The fourth-order valence-electron chi connectivity index (χ4n) is 3.57. The number of carbonyl (C=O) groups is 1. The van der Waals surface area contributed by atoms with Gasteiger partial charge in [-0.3, -0.25) is 4.79 Å². The summed E-state index contributed by atoms with van der Waals surface area (Å²) >= 11 is 0. The summed E-state index contributed by atoms with van der Waals surface area (Å²) in [6, 6.07) is 28.8. The van der Waals surface area contributed by atoms with Crippen molar-refractivity contribution in [3.8, 4) is 11.3 Å². The van der Waals surface area contributed by atoms with Crippen LogP contribution in [0.1, 0.15) is 28.6 Å². The number of benzene rings is 3. The van der Waals surface area contributed by atoms with Gasteiger partial charge in [0.2, 0.25) is 5.78 Å². The Labute approximate surface area is 173 Å². The molecule has 30 heavy (non-hydrogen) atoms. The largest absolute Gasteiger partial charge is 0.453 e. The number of rotatable bonds is 6. The first-order chi connectivity index (χ1) is 14.8. The van der Waals surface area contributed by atoms with Gasteiger partial charge in [-0.15, -0.1) is 0 Å². The molecule has 0 N–H and O–H groups in total. The molecule has 0 radical (unpaired) electrons. The Morgan fingerprint density at radius 3 is 2.37 bits per heavy atom. The Morgan fingerprint density at radius 1 is 0.900 bits per heavy atom. The fraction of sp³-hybridized carbons (Fsp3) is 0.0800. The maximum absolute atomic E-state index is 13.1. The quantitative estimate of drug-likeness (QED) is 0.355. The van der Waals surface area contributed by atoms with Crippen molar-refractivity contribution in [3.63, 3.8) is 0 Å². The van der Waals surface area contributed by atoms with Gasteiger partial charge >= 0.3 is 0 Å². The Hall–Kier alpha value is -3.99. The molecule has 2 aromatic heterocycles. The van der Waals surface area contributed by atoms with E-state index in [4.69, 9.17) is 4.42 Å². The second kappa shape index (κ2) is 7.79. The summed E-state index contributed by atoms with van der Waals surface area (Å²) in [6.07, 6.45) is 1.93. The molecule has 0 fully saturated rings. The zero-order chi connectivity index (χ0) is 20.3. The summed E-state index contributed by atoms with van der Waals surface area (Å²) in [5, 5.41) is 10.1. The highest BCUT2D eigenvalue weighted by atomic mass is 16.3. The molecule has 0 bridgehead atoms. The van der Waals surface area contributed by atoms with Gasteiger partial charge in [0.1, 0.15) is 17.3 Å². The highest BCUT2D eigenvalue weighted by Gasteiger charge is 2.23. The lowest BCUT2D eigenvalue weighted by Gasteiger charge is -2.15. The molecule has 5 nitrogen and oxygen atoms in total. The standard InChI is InChI=1S/C25H19N3O2/c29-23(25-15-20-13-7-8-14-24(20)30-25)16-22(19-11-5-2-6-12-19)28-26-17-21(27-28)18-9-3-1-4-10-18/h1-15,17,22H,16H2. The SMILES string of the molecule is O=C(CC(c1ccccc1)n1ncc(-c2ccccc2)n1)c1cc2ccccc2o1. The van der Waals surface area contributed by atoms with Gasteiger partial charge < -0.3 is 4.42 Å². The third-order valence-electron chi connectivity index (χ3n) is 5.12. The molecule has 0 spiro atoms. The van der Waals surface area contributed by atoms with Crippen LogP contribution in [-0.2, 0) is 0 Å². The summed E-state index contributed by atoms with van der Waals surface area (Å²) in [6.45, 7) is 0. The number of carbonyl (C=O) groups excluding carboxylic acids is 1. The van der Waals surface area contributed by atoms with Crippen molar-refractivity contribution in [2.24, 2.45) is 0 Å². The first-order valence-corrected chi connectivity index (χ1v) is 9.82. The summed E-state index contributed by atoms with van der Waals surface area (Å²) in [5.74, 6) is 0.270. The van der Waals surface area contributed by atoms with Gasteiger partial charge in [-0.1, -0.05) is 78.9 Å². The van der Waals surface area contributed by atoms with Crippen LogP contribution in [0.25, 0.3) is 22.2 Å². The molecule has 5 aromatic rings. The molecule has 5 heteroatoms. The van der Waals surface area contributed by atoms with E-state index in [2.05, 4.69) is 10.2 Å². The molecule has 146 valence electrons. The van der Waals surface area contributed by atoms with Gasteiger partial charge in [0.15, 0.2) is 5.76 Å². The Morgan fingerprint density at radius 2 is 1.60 bits per heavy atom. The van der Waals surface area contributed by atoms with E-state index in [0.717, 1.165) is 22.2 Å². The van der Waals surface area contributed by atoms with Crippen LogP contribution < -0.4 is 0 Å². The number of hydrogen-bond donors (Lipinski definition) is 0. The van der Waals surface area contributed by atoms with Crippen molar-refractivity contribution < 1.29 is 9.21 Å². The molecule has 1 unspecified atom stereocenters. The monoisotopic (exact) mass is 393 g/mol. The first-order valence-electron chi connectivity index (χ1n) is 9.82. The lowest BCUT2D eigenvalue weighted by Crippen LogP contribution is -2.18. The molecule has 0 aliphatic heterocycles. The zero-order valence-electron chi connectivity index (χ0n) is 16.2. The van der Waals surface area contributed by atoms with Gasteiger partial charge in [-0.25, -0.2) is 0 Å². The van der Waals surface area contributed by atoms with E-state index < -0.39 is 0 Å². The molecular weight excluding hydrogens is 374 g/mol. The van der Waals surface area contributed by atoms with Gasteiger partial charge in [0, 0.05) is 17.4 Å². The molecule has 2 heterocycles. The molecule has 3 aromatic carbocycles. The van der Waals surface area contributed by atoms with Gasteiger partial charge in [0.25, 0.3) is 0 Å². The van der Waals surface area contributed by atoms with Crippen molar-refractivity contribution >= 4 is 16.8 Å². The third kappa shape index (κ3) is 3.53. The minimum absolute atomic E-state index is 0.0846. The van der Waals surface area contributed by atoms with E-state index in [9.17, 15) is 4.79 Å². The van der Waals surface area contributed by atoms with E-state index in [1.807, 2.05) is 84.9 Å². The summed E-state index contributed by atoms with van der Waals surface area (Å²) in [7, 11) is 0. The van der Waals surface area contributed by atoms with Crippen molar-refractivity contribution in [3.05, 3.63) is 109 Å². The van der Waals surface area contributed by atoms with Crippen LogP contribution in [0.2, 0.25) is 0 Å². The van der Waals surface area contributed by atoms with Crippen LogP contribution in [0.3, 0.4) is 0 Å². The molecule has 0 saturated heterocycles. The molecule has 0 saturated carbocycles. The highest BCUT2D eigenvalue weighted by molar-refractivity contribution is 5.97.